The normalized spacial score (nSPS) is 14.4. The standard InChI is InChI=1S/C79H71N3O2S.C39H31N/c1-50-17-19-52(3)73(39-50)79(84-38-14-9-7-6-8-13-37-78(4)48-83-49-78)74-40-51(2)18-29-71(74)72-34-24-56(47-75(72)79)55-23-31-66-60(42-55)46-62-44-58(26-33-68(62)66)70-36-35-69(76-77(70)81-85-80-76)57-25-32-67-61(43-57)45-59-41-54(22-30-65(59)67)53-20-27-64(28-21-53)82(5)63-15-11-10-12-16-63;1-27-8-11-29(12-9-27)30-13-18-36(19-14-30)40(35-6-4-3-5-7-35)37-20-15-31(16-21-37)32-17-23-39-34(25-32)26-33-24-28(2)10-22-38(33)39/h10-12,15-36,39-44,47H,6-9,13-14,37-38,45-46,48-49H2,1-5H3;3-25H,26H2,1-2H3. The van der Waals surface area contributed by atoms with Gasteiger partial charge in [0.15, 0.2) is 0 Å². The first-order chi connectivity index (χ1) is 61.2. The molecular formula is C118H102N4O2S. The van der Waals surface area contributed by atoms with Gasteiger partial charge in [-0.05, 0) is 278 Å². The van der Waals surface area contributed by atoms with Crippen LogP contribution in [0.1, 0.15) is 130 Å². The number of unbranched alkanes of at least 4 members (excludes halogenated alkanes) is 5. The highest BCUT2D eigenvalue weighted by atomic mass is 32.1. The molecule has 1 atom stereocenters. The van der Waals surface area contributed by atoms with Gasteiger partial charge in [0, 0.05) is 69.8 Å². The Kier molecular flexibility index (Phi) is 21.0. The molecule has 2 heterocycles. The molecule has 1 aliphatic heterocycles. The van der Waals surface area contributed by atoms with Crippen LogP contribution in [0.2, 0.25) is 0 Å². The van der Waals surface area contributed by atoms with Crippen LogP contribution in [-0.2, 0) is 34.3 Å². The summed E-state index contributed by atoms with van der Waals surface area (Å²) in [7, 11) is 2.12. The highest BCUT2D eigenvalue weighted by Crippen LogP contribution is 2.57. The zero-order chi connectivity index (χ0) is 84.4. The highest BCUT2D eigenvalue weighted by molar-refractivity contribution is 7.00. The summed E-state index contributed by atoms with van der Waals surface area (Å²) in [6.07, 6.45) is 11.4. The fourth-order valence-corrected chi connectivity index (χ4v) is 21.0. The van der Waals surface area contributed by atoms with Crippen molar-refractivity contribution >= 4 is 51.2 Å². The molecule has 4 aliphatic carbocycles. The number of benzene rings is 16. The molecule has 1 saturated heterocycles. The Morgan fingerprint density at radius 3 is 1.14 bits per heavy atom. The molecule has 612 valence electrons. The molecule has 1 fully saturated rings. The summed E-state index contributed by atoms with van der Waals surface area (Å²) in [5, 5.41) is 0. The lowest BCUT2D eigenvalue weighted by molar-refractivity contribution is -0.106. The molecule has 7 heteroatoms. The second-order valence-electron chi connectivity index (χ2n) is 36.1. The van der Waals surface area contributed by atoms with Crippen molar-refractivity contribution in [2.24, 2.45) is 5.41 Å². The molecule has 22 rings (SSSR count). The smallest absolute Gasteiger partial charge is 0.145 e. The first-order valence-electron chi connectivity index (χ1n) is 44.8. The van der Waals surface area contributed by atoms with Gasteiger partial charge in [-0.25, -0.2) is 0 Å². The second kappa shape index (κ2) is 33.2. The van der Waals surface area contributed by atoms with E-state index in [1.54, 1.807) is 0 Å². The van der Waals surface area contributed by atoms with E-state index in [1.807, 2.05) is 0 Å². The number of nitrogens with zero attached hydrogens (tertiary/aromatic N) is 4. The number of para-hydroxylation sites is 2. The molecule has 16 aromatic carbocycles. The Morgan fingerprint density at radius 1 is 0.304 bits per heavy atom. The van der Waals surface area contributed by atoms with E-state index in [2.05, 4.69) is 392 Å². The van der Waals surface area contributed by atoms with Crippen molar-refractivity contribution in [3.8, 4) is 111 Å². The van der Waals surface area contributed by atoms with Gasteiger partial charge in [0.25, 0.3) is 0 Å². The summed E-state index contributed by atoms with van der Waals surface area (Å²) in [6.45, 7) is 15.9. The summed E-state index contributed by atoms with van der Waals surface area (Å²) in [5.74, 6) is 0. The summed E-state index contributed by atoms with van der Waals surface area (Å²) in [6, 6.07) is 124. The topological polar surface area (TPSA) is 50.7 Å². The molecule has 17 aromatic rings. The van der Waals surface area contributed by atoms with Crippen LogP contribution in [0.15, 0.2) is 334 Å². The van der Waals surface area contributed by atoms with E-state index in [0.29, 0.717) is 12.0 Å². The fraction of sp³-hybridized carbons (Fsp3) is 0.186. The third kappa shape index (κ3) is 15.1. The van der Waals surface area contributed by atoms with Gasteiger partial charge in [-0.3, -0.25) is 0 Å². The first-order valence-corrected chi connectivity index (χ1v) is 45.5. The number of anilines is 5. The monoisotopic (exact) mass is 1640 g/mol. The van der Waals surface area contributed by atoms with E-state index in [-0.39, 0.29) is 0 Å². The molecule has 1 unspecified atom stereocenters. The van der Waals surface area contributed by atoms with Crippen molar-refractivity contribution in [1.29, 1.82) is 0 Å². The van der Waals surface area contributed by atoms with E-state index >= 15 is 0 Å². The van der Waals surface area contributed by atoms with Crippen LogP contribution in [0.3, 0.4) is 0 Å². The molecular weight excluding hydrogens is 1540 g/mol. The van der Waals surface area contributed by atoms with Crippen molar-refractivity contribution in [1.82, 2.24) is 8.75 Å². The van der Waals surface area contributed by atoms with Crippen LogP contribution in [0.25, 0.3) is 122 Å². The van der Waals surface area contributed by atoms with Crippen molar-refractivity contribution < 1.29 is 9.47 Å². The SMILES string of the molecule is Cc1ccc(-c2ccc(N(c3ccccc3)c3ccc(-c4ccc5c(c4)Cc4cc(C)ccc4-5)cc3)cc2)cc1.Cc1ccc(C)c(C2(OCCCCCCCCC3(C)COC3)c3cc(C)ccc3-c3ccc(-c4ccc5c(c4)Cc4cc(-c6ccc(-c7ccc8c(c7)Cc7cc(-c9ccc(N(C)c%10ccccc%10)cc9)ccc7-8)c7nsnc67)ccc4-5)cc32)c1. The van der Waals surface area contributed by atoms with E-state index < -0.39 is 5.60 Å². The molecule has 0 spiro atoms. The van der Waals surface area contributed by atoms with E-state index in [0.717, 1.165) is 78.1 Å². The van der Waals surface area contributed by atoms with Crippen molar-refractivity contribution in [3.63, 3.8) is 0 Å². The first kappa shape index (κ1) is 79.1. The molecule has 125 heavy (non-hydrogen) atoms. The van der Waals surface area contributed by atoms with Crippen LogP contribution in [0, 0.1) is 40.0 Å². The van der Waals surface area contributed by atoms with Gasteiger partial charge in [-0.2, -0.15) is 8.75 Å². The fourth-order valence-electron chi connectivity index (χ4n) is 20.4. The zero-order valence-electron chi connectivity index (χ0n) is 72.5. The summed E-state index contributed by atoms with van der Waals surface area (Å²) >= 11 is 1.30. The molecule has 0 radical (unpaired) electrons. The average molecular weight is 1640 g/mol. The number of hydrogen-bond acceptors (Lipinski definition) is 7. The van der Waals surface area contributed by atoms with Gasteiger partial charge >= 0.3 is 0 Å². The quantitative estimate of drug-likeness (QED) is 0.0630. The lowest BCUT2D eigenvalue weighted by Gasteiger charge is -2.38. The molecule has 0 N–H and O–H groups in total. The number of aryl methyl sites for hydroxylation is 5. The maximum atomic E-state index is 7.56. The number of hydrogen-bond donors (Lipinski definition) is 0. The Hall–Kier alpha value is -13.1. The van der Waals surface area contributed by atoms with Crippen molar-refractivity contribution in [2.75, 3.05) is 36.7 Å². The van der Waals surface area contributed by atoms with E-state index in [9.17, 15) is 0 Å². The lowest BCUT2D eigenvalue weighted by atomic mass is 9.80. The minimum atomic E-state index is -0.724. The highest BCUT2D eigenvalue weighted by Gasteiger charge is 2.47. The Balaban J connectivity index is 0.000000199. The largest absolute Gasteiger partial charge is 0.380 e. The minimum Gasteiger partial charge on any atom is -0.380 e. The van der Waals surface area contributed by atoms with Gasteiger partial charge in [0.2, 0.25) is 0 Å². The Morgan fingerprint density at radius 2 is 0.640 bits per heavy atom. The number of aromatic nitrogens is 2. The maximum Gasteiger partial charge on any atom is 0.145 e. The Bertz CT molecular complexity index is 6960. The predicted octanol–water partition coefficient (Wildman–Crippen LogP) is 30.9. The van der Waals surface area contributed by atoms with Crippen molar-refractivity contribution in [3.05, 3.63) is 412 Å². The molecule has 1 aromatic heterocycles. The summed E-state index contributed by atoms with van der Waals surface area (Å²) in [4.78, 5) is 4.55. The second-order valence-corrected chi connectivity index (χ2v) is 36.6. The molecule has 0 saturated carbocycles. The van der Waals surface area contributed by atoms with Crippen LogP contribution >= 0.6 is 11.7 Å². The number of rotatable bonds is 22. The van der Waals surface area contributed by atoms with Crippen LogP contribution < -0.4 is 9.80 Å². The van der Waals surface area contributed by atoms with Crippen LogP contribution in [-0.4, -0.2) is 35.6 Å². The third-order valence-electron chi connectivity index (χ3n) is 27.3. The van der Waals surface area contributed by atoms with Crippen LogP contribution in [0.5, 0.6) is 0 Å². The summed E-state index contributed by atoms with van der Waals surface area (Å²) < 4.78 is 23.0. The molecule has 0 bridgehead atoms. The zero-order valence-corrected chi connectivity index (χ0v) is 73.3. The van der Waals surface area contributed by atoms with Gasteiger partial charge in [-0.1, -0.05) is 328 Å². The van der Waals surface area contributed by atoms with Gasteiger partial charge < -0.3 is 19.3 Å². The molecule has 6 nitrogen and oxygen atoms in total. The van der Waals surface area contributed by atoms with Crippen molar-refractivity contribution in [2.45, 2.75) is 111 Å². The lowest BCUT2D eigenvalue weighted by Crippen LogP contribution is -2.39. The van der Waals surface area contributed by atoms with Crippen LogP contribution in [0.4, 0.5) is 28.4 Å². The summed E-state index contributed by atoms with van der Waals surface area (Å²) in [5.41, 5.74) is 50.8. The minimum absolute atomic E-state index is 0.412. The number of ether oxygens (including phenoxy) is 2. The third-order valence-corrected chi connectivity index (χ3v) is 27.8. The van der Waals surface area contributed by atoms with Gasteiger partial charge in [-0.15, -0.1) is 0 Å². The average Bonchev–Trinajstić information content (AvgIpc) is 1.54. The van der Waals surface area contributed by atoms with Gasteiger partial charge in [0.05, 0.1) is 24.9 Å². The maximum absolute atomic E-state index is 7.56. The van der Waals surface area contributed by atoms with E-state index in [1.165, 1.54) is 240 Å². The van der Waals surface area contributed by atoms with Gasteiger partial charge in [0.1, 0.15) is 16.6 Å². The molecule has 5 aliphatic rings. The van der Waals surface area contributed by atoms with E-state index in [4.69, 9.17) is 18.2 Å². The number of fused-ring (bicyclic) bond motifs is 13. The molecule has 0 amide bonds. The Labute approximate surface area is 740 Å². The predicted molar refractivity (Wildman–Crippen MR) is 523 cm³/mol.